The second kappa shape index (κ2) is 7.84. The molecule has 8 heteroatoms. The first-order valence-corrected chi connectivity index (χ1v) is 9.46. The molecule has 0 saturated heterocycles. The zero-order chi connectivity index (χ0) is 20.4. The quantitative estimate of drug-likeness (QED) is 0.507. The molecule has 0 aliphatic rings. The molecule has 4 aromatic rings. The molecule has 0 radical (unpaired) electrons. The highest BCUT2D eigenvalue weighted by Gasteiger charge is 2.10. The number of ether oxygens (including phenoxy) is 2. The molecule has 146 valence electrons. The largest absolute Gasteiger partial charge is 0.497 e. The van der Waals surface area contributed by atoms with Crippen molar-refractivity contribution in [3.8, 4) is 11.5 Å². The molecule has 0 bridgehead atoms. The Balaban J connectivity index is 1.68. The topological polar surface area (TPSA) is 65.7 Å². The lowest BCUT2D eigenvalue weighted by Gasteiger charge is -2.06. The van der Waals surface area contributed by atoms with Gasteiger partial charge in [0.15, 0.2) is 5.82 Å². The Morgan fingerprint density at radius 2 is 1.86 bits per heavy atom. The number of aromatic nitrogens is 3. The fourth-order valence-corrected chi connectivity index (χ4v) is 3.65. The van der Waals surface area contributed by atoms with Crippen molar-refractivity contribution >= 4 is 34.5 Å². The highest BCUT2D eigenvalue weighted by Crippen LogP contribution is 2.25. The summed E-state index contributed by atoms with van der Waals surface area (Å²) in [5, 5.41) is 4.25. The van der Waals surface area contributed by atoms with E-state index in [0.717, 1.165) is 11.1 Å². The van der Waals surface area contributed by atoms with E-state index in [-0.39, 0.29) is 11.4 Å². The fraction of sp³-hybridized carbons (Fsp3) is 0.0952. The predicted molar refractivity (Wildman–Crippen MR) is 111 cm³/mol. The zero-order valence-electron chi connectivity index (χ0n) is 15.6. The second-order valence-electron chi connectivity index (χ2n) is 6.07. The summed E-state index contributed by atoms with van der Waals surface area (Å²) in [6.07, 6.45) is 5.19. The van der Waals surface area contributed by atoms with Gasteiger partial charge in [-0.2, -0.15) is 9.50 Å². The Kier molecular flexibility index (Phi) is 5.09. The smallest absolute Gasteiger partial charge is 0.291 e. The summed E-state index contributed by atoms with van der Waals surface area (Å²) in [5.41, 5.74) is 1.32. The van der Waals surface area contributed by atoms with Crippen LogP contribution in [-0.4, -0.2) is 28.8 Å². The molecule has 0 unspecified atom stereocenters. The molecule has 2 aromatic heterocycles. The number of hydrogen-bond acceptors (Lipinski definition) is 6. The van der Waals surface area contributed by atoms with Crippen molar-refractivity contribution in [3.63, 3.8) is 0 Å². The molecule has 0 atom stereocenters. The molecule has 0 fully saturated rings. The second-order valence-corrected chi connectivity index (χ2v) is 7.08. The SMILES string of the molecule is COc1ccc(/C=c2\sc3nc(/C=C/c4ccc(F)cc4)nn3c2=O)c(OC)c1. The van der Waals surface area contributed by atoms with Gasteiger partial charge in [0.25, 0.3) is 5.56 Å². The van der Waals surface area contributed by atoms with Gasteiger partial charge in [-0.3, -0.25) is 4.79 Å². The van der Waals surface area contributed by atoms with Gasteiger partial charge < -0.3 is 9.47 Å². The summed E-state index contributed by atoms with van der Waals surface area (Å²) in [5.74, 6) is 1.38. The van der Waals surface area contributed by atoms with Crippen molar-refractivity contribution in [2.24, 2.45) is 0 Å². The summed E-state index contributed by atoms with van der Waals surface area (Å²) >= 11 is 1.24. The third kappa shape index (κ3) is 3.88. The molecule has 29 heavy (non-hydrogen) atoms. The van der Waals surface area contributed by atoms with Crippen LogP contribution in [0.5, 0.6) is 11.5 Å². The summed E-state index contributed by atoms with van der Waals surface area (Å²) in [7, 11) is 3.14. The minimum absolute atomic E-state index is 0.253. The standard InChI is InChI=1S/C21H16FN3O3S/c1-27-16-9-6-14(17(12-16)28-2)11-18-20(26)25-21(29-18)23-19(24-25)10-5-13-3-7-15(22)8-4-13/h3-12H,1-2H3/b10-5+,18-11-. The van der Waals surface area contributed by atoms with E-state index < -0.39 is 0 Å². The maximum absolute atomic E-state index is 13.0. The van der Waals surface area contributed by atoms with E-state index >= 15 is 0 Å². The Morgan fingerprint density at radius 3 is 2.55 bits per heavy atom. The summed E-state index contributed by atoms with van der Waals surface area (Å²) in [6, 6.07) is 11.4. The molecule has 0 aliphatic heterocycles. The fourth-order valence-electron chi connectivity index (χ4n) is 2.74. The number of thiazole rings is 1. The Morgan fingerprint density at radius 1 is 1.07 bits per heavy atom. The molecule has 6 nitrogen and oxygen atoms in total. The van der Waals surface area contributed by atoms with Gasteiger partial charge in [0.1, 0.15) is 17.3 Å². The maximum Gasteiger partial charge on any atom is 0.291 e. The number of nitrogens with zero attached hydrogens (tertiary/aromatic N) is 3. The highest BCUT2D eigenvalue weighted by molar-refractivity contribution is 7.15. The summed E-state index contributed by atoms with van der Waals surface area (Å²) < 4.78 is 25.3. The van der Waals surface area contributed by atoms with Gasteiger partial charge in [0.2, 0.25) is 4.96 Å². The maximum atomic E-state index is 13.0. The Labute approximate surface area is 169 Å². The van der Waals surface area contributed by atoms with Crippen LogP contribution in [0, 0.1) is 5.82 Å². The van der Waals surface area contributed by atoms with Crippen molar-refractivity contribution in [1.29, 1.82) is 0 Å². The molecule has 0 aliphatic carbocycles. The van der Waals surface area contributed by atoms with E-state index in [4.69, 9.17) is 9.47 Å². The van der Waals surface area contributed by atoms with Gasteiger partial charge in [0.05, 0.1) is 18.8 Å². The number of hydrogen-bond donors (Lipinski definition) is 0. The lowest BCUT2D eigenvalue weighted by molar-refractivity contribution is 0.393. The van der Waals surface area contributed by atoms with E-state index in [1.54, 1.807) is 56.7 Å². The van der Waals surface area contributed by atoms with Gasteiger partial charge in [-0.05, 0) is 42.0 Å². The Bertz CT molecular complexity index is 1310. The molecule has 2 aromatic carbocycles. The van der Waals surface area contributed by atoms with Crippen molar-refractivity contribution in [1.82, 2.24) is 14.6 Å². The van der Waals surface area contributed by atoms with Crippen LogP contribution < -0.4 is 19.6 Å². The first-order valence-electron chi connectivity index (χ1n) is 8.64. The van der Waals surface area contributed by atoms with Crippen LogP contribution in [0.15, 0.2) is 47.3 Å². The number of rotatable bonds is 5. The first-order chi connectivity index (χ1) is 14.1. The van der Waals surface area contributed by atoms with Crippen LogP contribution in [-0.2, 0) is 0 Å². The normalized spacial score (nSPS) is 12.2. The summed E-state index contributed by atoms with van der Waals surface area (Å²) in [6.45, 7) is 0. The van der Waals surface area contributed by atoms with Crippen LogP contribution in [0.1, 0.15) is 17.0 Å². The first kappa shape index (κ1) is 18.8. The van der Waals surface area contributed by atoms with Crippen molar-refractivity contribution in [2.45, 2.75) is 0 Å². The van der Waals surface area contributed by atoms with Gasteiger partial charge in [0, 0.05) is 11.6 Å². The Hall–Kier alpha value is -3.52. The van der Waals surface area contributed by atoms with Gasteiger partial charge in [-0.25, -0.2) is 4.39 Å². The number of halogens is 1. The molecule has 4 rings (SSSR count). The molecular formula is C21H16FN3O3S. The molecule has 0 saturated carbocycles. The van der Waals surface area contributed by atoms with Crippen LogP contribution in [0.2, 0.25) is 0 Å². The van der Waals surface area contributed by atoms with E-state index in [9.17, 15) is 9.18 Å². The number of benzene rings is 2. The van der Waals surface area contributed by atoms with E-state index in [1.165, 1.54) is 28.0 Å². The molecule has 2 heterocycles. The minimum atomic E-state index is -0.295. The van der Waals surface area contributed by atoms with Crippen LogP contribution >= 0.6 is 11.3 Å². The molecule has 0 spiro atoms. The van der Waals surface area contributed by atoms with Crippen LogP contribution in [0.3, 0.4) is 0 Å². The van der Waals surface area contributed by atoms with Gasteiger partial charge in [-0.1, -0.05) is 29.5 Å². The van der Waals surface area contributed by atoms with E-state index in [0.29, 0.717) is 26.8 Å². The van der Waals surface area contributed by atoms with E-state index in [2.05, 4.69) is 10.1 Å². The highest BCUT2D eigenvalue weighted by atomic mass is 32.1. The monoisotopic (exact) mass is 409 g/mol. The van der Waals surface area contributed by atoms with Gasteiger partial charge in [-0.15, -0.1) is 5.10 Å². The average Bonchev–Trinajstić information content (AvgIpc) is 3.26. The lowest BCUT2D eigenvalue weighted by atomic mass is 10.2. The van der Waals surface area contributed by atoms with Crippen molar-refractivity contribution in [3.05, 3.63) is 80.1 Å². The van der Waals surface area contributed by atoms with Crippen LogP contribution in [0.25, 0.3) is 23.2 Å². The van der Waals surface area contributed by atoms with Crippen molar-refractivity contribution < 1.29 is 13.9 Å². The molecular weight excluding hydrogens is 393 g/mol. The molecule has 0 amide bonds. The average molecular weight is 409 g/mol. The van der Waals surface area contributed by atoms with Crippen LogP contribution in [0.4, 0.5) is 4.39 Å². The van der Waals surface area contributed by atoms with E-state index in [1.807, 2.05) is 6.07 Å². The van der Waals surface area contributed by atoms with Gasteiger partial charge >= 0.3 is 0 Å². The number of methoxy groups -OCH3 is 2. The summed E-state index contributed by atoms with van der Waals surface area (Å²) in [4.78, 5) is 17.6. The third-order valence-corrected chi connectivity index (χ3v) is 5.18. The lowest BCUT2D eigenvalue weighted by Crippen LogP contribution is -2.23. The number of fused-ring (bicyclic) bond motifs is 1. The predicted octanol–water partition coefficient (Wildman–Crippen LogP) is 3.03. The zero-order valence-corrected chi connectivity index (χ0v) is 16.4. The minimum Gasteiger partial charge on any atom is -0.497 e. The van der Waals surface area contributed by atoms with Crippen molar-refractivity contribution in [2.75, 3.05) is 14.2 Å². The molecule has 0 N–H and O–H groups in total. The third-order valence-electron chi connectivity index (χ3n) is 4.22.